The predicted octanol–water partition coefficient (Wildman–Crippen LogP) is 3.04. The Bertz CT molecular complexity index is 936. The molecular weight excluding hydrogens is 345 g/mol. The molecule has 0 spiro atoms. The third kappa shape index (κ3) is 3.07. The van der Waals surface area contributed by atoms with Crippen molar-refractivity contribution in [3.63, 3.8) is 0 Å². The van der Waals surface area contributed by atoms with E-state index in [0.29, 0.717) is 47.9 Å². The first-order chi connectivity index (χ1) is 12.1. The Labute approximate surface area is 148 Å². The quantitative estimate of drug-likeness (QED) is 0.705. The van der Waals surface area contributed by atoms with Gasteiger partial charge in [-0.25, -0.2) is 14.1 Å². The summed E-state index contributed by atoms with van der Waals surface area (Å²) in [6.45, 7) is 0.872. The number of hydrogen-bond acceptors (Lipinski definition) is 4. The first-order valence-corrected chi connectivity index (χ1v) is 8.37. The highest BCUT2D eigenvalue weighted by atomic mass is 35.5. The Balaban J connectivity index is 1.64. The molecule has 1 fully saturated rings. The average Bonchev–Trinajstić information content (AvgIpc) is 3.05. The second kappa shape index (κ2) is 6.40. The predicted molar refractivity (Wildman–Crippen MR) is 91.7 cm³/mol. The molecule has 1 amide bonds. The highest BCUT2D eigenvalue weighted by Crippen LogP contribution is 2.21. The van der Waals surface area contributed by atoms with E-state index in [1.807, 2.05) is 0 Å². The summed E-state index contributed by atoms with van der Waals surface area (Å²) in [4.78, 5) is 22.7. The molecule has 6 nitrogen and oxygen atoms in total. The van der Waals surface area contributed by atoms with Gasteiger partial charge in [-0.2, -0.15) is 5.10 Å². The first-order valence-electron chi connectivity index (χ1n) is 8.00. The van der Waals surface area contributed by atoms with E-state index in [2.05, 4.69) is 15.1 Å². The zero-order valence-electron chi connectivity index (χ0n) is 13.3. The van der Waals surface area contributed by atoms with E-state index in [1.54, 1.807) is 40.3 Å². The molecule has 1 aliphatic rings. The molecule has 8 heteroatoms. The summed E-state index contributed by atoms with van der Waals surface area (Å²) in [5.74, 6) is -0.126. The van der Waals surface area contributed by atoms with Crippen molar-refractivity contribution in [2.45, 2.75) is 19.0 Å². The lowest BCUT2D eigenvalue weighted by Crippen LogP contribution is -2.39. The van der Waals surface area contributed by atoms with Crippen LogP contribution in [-0.2, 0) is 0 Å². The molecule has 0 aromatic carbocycles. The molecule has 3 aromatic heterocycles. The van der Waals surface area contributed by atoms with Crippen LogP contribution in [0.3, 0.4) is 0 Å². The van der Waals surface area contributed by atoms with Gasteiger partial charge in [0, 0.05) is 30.9 Å². The molecule has 0 N–H and O–H groups in total. The van der Waals surface area contributed by atoms with Crippen LogP contribution in [-0.4, -0.2) is 49.8 Å². The van der Waals surface area contributed by atoms with Crippen LogP contribution >= 0.6 is 11.6 Å². The van der Waals surface area contributed by atoms with Gasteiger partial charge < -0.3 is 4.90 Å². The van der Waals surface area contributed by atoms with E-state index in [9.17, 15) is 9.18 Å². The van der Waals surface area contributed by atoms with Gasteiger partial charge in [0.1, 0.15) is 6.17 Å². The Morgan fingerprint density at radius 2 is 1.96 bits per heavy atom. The van der Waals surface area contributed by atoms with Crippen LogP contribution in [0, 0.1) is 0 Å². The molecule has 0 unspecified atom stereocenters. The molecule has 4 heterocycles. The van der Waals surface area contributed by atoms with Crippen molar-refractivity contribution < 1.29 is 9.18 Å². The van der Waals surface area contributed by atoms with E-state index in [4.69, 9.17) is 11.6 Å². The fourth-order valence-electron chi connectivity index (χ4n) is 2.98. The fourth-order valence-corrected chi connectivity index (χ4v) is 3.15. The lowest BCUT2D eigenvalue weighted by molar-refractivity contribution is 0.0667. The minimum absolute atomic E-state index is 0.126. The maximum absolute atomic E-state index is 13.2. The maximum Gasteiger partial charge on any atom is 0.255 e. The molecular formula is C17H15ClFN5O. The number of carbonyl (C=O) groups excluding carboxylic acids is 1. The van der Waals surface area contributed by atoms with Crippen molar-refractivity contribution in [1.29, 1.82) is 0 Å². The Hall–Kier alpha value is -2.54. The molecule has 25 heavy (non-hydrogen) atoms. The lowest BCUT2D eigenvalue weighted by atomic mass is 10.1. The smallest absolute Gasteiger partial charge is 0.255 e. The van der Waals surface area contributed by atoms with Crippen molar-refractivity contribution >= 4 is 28.5 Å². The number of likely N-dealkylation sites (tertiary alicyclic amines) is 1. The fraction of sp³-hybridized carbons (Fsp3) is 0.294. The number of hydrogen-bond donors (Lipinski definition) is 0. The molecule has 1 aliphatic heterocycles. The number of piperidine rings is 1. The number of aromatic nitrogens is 4. The Morgan fingerprint density at radius 1 is 1.16 bits per heavy atom. The zero-order chi connectivity index (χ0) is 17.4. The van der Waals surface area contributed by atoms with Gasteiger partial charge in [-0.1, -0.05) is 11.6 Å². The number of pyridine rings is 2. The van der Waals surface area contributed by atoms with Gasteiger partial charge in [0.15, 0.2) is 5.65 Å². The Morgan fingerprint density at radius 3 is 2.72 bits per heavy atom. The normalized spacial score (nSPS) is 15.7. The minimum atomic E-state index is -0.811. The largest absolute Gasteiger partial charge is 0.338 e. The van der Waals surface area contributed by atoms with Gasteiger partial charge in [-0.15, -0.1) is 0 Å². The minimum Gasteiger partial charge on any atom is -0.338 e. The summed E-state index contributed by atoms with van der Waals surface area (Å²) < 4.78 is 14.9. The van der Waals surface area contributed by atoms with Crippen LogP contribution in [0.2, 0.25) is 5.02 Å². The standard InChI is InChI=1S/C17H15ClFN5O/c18-13-6-15(10-20-9-13)24-16-11(8-22-24)5-12(7-21-16)17(25)23-3-1-14(19)2-4-23/h5-10,14H,1-4H2. The van der Waals surface area contributed by atoms with Crippen molar-refractivity contribution in [3.8, 4) is 5.69 Å². The van der Waals surface area contributed by atoms with Gasteiger partial charge in [0.2, 0.25) is 0 Å². The number of fused-ring (bicyclic) bond motifs is 1. The van der Waals surface area contributed by atoms with Crippen molar-refractivity contribution in [2.75, 3.05) is 13.1 Å². The van der Waals surface area contributed by atoms with E-state index in [-0.39, 0.29) is 5.91 Å². The van der Waals surface area contributed by atoms with Gasteiger partial charge in [0.05, 0.1) is 28.7 Å². The van der Waals surface area contributed by atoms with Crippen molar-refractivity contribution in [3.05, 3.63) is 47.5 Å². The molecule has 0 radical (unpaired) electrons. The van der Waals surface area contributed by atoms with Gasteiger partial charge >= 0.3 is 0 Å². The van der Waals surface area contributed by atoms with Crippen LogP contribution in [0.4, 0.5) is 4.39 Å². The number of alkyl halides is 1. The van der Waals surface area contributed by atoms with Crippen LogP contribution in [0.1, 0.15) is 23.2 Å². The summed E-state index contributed by atoms with van der Waals surface area (Å²) in [7, 11) is 0. The highest BCUT2D eigenvalue weighted by molar-refractivity contribution is 6.30. The van der Waals surface area contributed by atoms with Crippen molar-refractivity contribution in [2.24, 2.45) is 0 Å². The van der Waals surface area contributed by atoms with Crippen LogP contribution in [0.25, 0.3) is 16.7 Å². The summed E-state index contributed by atoms with van der Waals surface area (Å²) in [5, 5.41) is 5.56. The summed E-state index contributed by atoms with van der Waals surface area (Å²) in [6, 6.07) is 3.50. The molecule has 0 aliphatic carbocycles. The van der Waals surface area contributed by atoms with Crippen LogP contribution in [0.15, 0.2) is 36.9 Å². The number of carbonyl (C=O) groups is 1. The van der Waals surface area contributed by atoms with Crippen molar-refractivity contribution in [1.82, 2.24) is 24.6 Å². The van der Waals surface area contributed by atoms with Gasteiger partial charge in [-0.05, 0) is 25.0 Å². The summed E-state index contributed by atoms with van der Waals surface area (Å²) >= 11 is 5.98. The maximum atomic E-state index is 13.2. The molecule has 128 valence electrons. The third-order valence-electron chi connectivity index (χ3n) is 4.30. The molecule has 3 aromatic rings. The Kier molecular flexibility index (Phi) is 4.09. The summed E-state index contributed by atoms with van der Waals surface area (Å²) in [6.07, 6.45) is 6.33. The monoisotopic (exact) mass is 359 g/mol. The average molecular weight is 360 g/mol. The van der Waals surface area contributed by atoms with E-state index in [0.717, 1.165) is 5.39 Å². The van der Waals surface area contributed by atoms with Gasteiger partial charge in [0.25, 0.3) is 5.91 Å². The number of halogens is 2. The highest BCUT2D eigenvalue weighted by Gasteiger charge is 2.24. The number of amides is 1. The molecule has 0 atom stereocenters. The molecule has 4 rings (SSSR count). The van der Waals surface area contributed by atoms with Crippen LogP contribution in [0.5, 0.6) is 0 Å². The SMILES string of the molecule is O=C(c1cnc2c(cnn2-c2cncc(Cl)c2)c1)N1CCC(F)CC1. The first kappa shape index (κ1) is 16.0. The number of rotatable bonds is 2. The lowest BCUT2D eigenvalue weighted by Gasteiger charge is -2.28. The van der Waals surface area contributed by atoms with E-state index in [1.165, 1.54) is 6.20 Å². The van der Waals surface area contributed by atoms with Gasteiger partial charge in [-0.3, -0.25) is 9.78 Å². The van der Waals surface area contributed by atoms with E-state index < -0.39 is 6.17 Å². The molecule has 0 saturated carbocycles. The zero-order valence-corrected chi connectivity index (χ0v) is 14.0. The van der Waals surface area contributed by atoms with E-state index >= 15 is 0 Å². The molecule has 1 saturated heterocycles. The van der Waals surface area contributed by atoms with Crippen LogP contribution < -0.4 is 0 Å². The topological polar surface area (TPSA) is 63.9 Å². The molecule has 0 bridgehead atoms. The number of nitrogens with zero attached hydrogens (tertiary/aromatic N) is 5. The second-order valence-electron chi connectivity index (χ2n) is 6.02. The third-order valence-corrected chi connectivity index (χ3v) is 4.51. The second-order valence-corrected chi connectivity index (χ2v) is 6.46. The summed E-state index contributed by atoms with van der Waals surface area (Å²) in [5.41, 5.74) is 1.79.